The van der Waals surface area contributed by atoms with Gasteiger partial charge >= 0.3 is 0 Å². The topological polar surface area (TPSA) is 62.9 Å². The van der Waals surface area contributed by atoms with Gasteiger partial charge in [-0.2, -0.15) is 0 Å². The van der Waals surface area contributed by atoms with E-state index in [1.165, 1.54) is 0 Å². The van der Waals surface area contributed by atoms with Crippen LogP contribution in [0.5, 0.6) is 0 Å². The average molecular weight is 278 g/mol. The molecule has 0 aliphatic carbocycles. The molecule has 20 heavy (non-hydrogen) atoms. The van der Waals surface area contributed by atoms with Crippen molar-refractivity contribution in [3.8, 4) is 0 Å². The SMILES string of the molecule is CCOC(CCN(C)C)CN=C(N)Nc1ccccc1. The van der Waals surface area contributed by atoms with Crippen LogP contribution in [-0.4, -0.2) is 50.8 Å². The number of rotatable bonds is 8. The summed E-state index contributed by atoms with van der Waals surface area (Å²) in [6.45, 7) is 4.25. The van der Waals surface area contributed by atoms with Crippen LogP contribution in [0.3, 0.4) is 0 Å². The highest BCUT2D eigenvalue weighted by molar-refractivity contribution is 5.92. The molecule has 0 spiro atoms. The largest absolute Gasteiger partial charge is 0.377 e. The molecule has 0 radical (unpaired) electrons. The van der Waals surface area contributed by atoms with Crippen LogP contribution in [0.25, 0.3) is 0 Å². The molecule has 0 heterocycles. The van der Waals surface area contributed by atoms with Gasteiger partial charge in [-0.05, 0) is 39.6 Å². The van der Waals surface area contributed by atoms with Gasteiger partial charge in [-0.15, -0.1) is 0 Å². The van der Waals surface area contributed by atoms with Gasteiger partial charge in [-0.1, -0.05) is 18.2 Å². The van der Waals surface area contributed by atoms with E-state index >= 15 is 0 Å². The van der Waals surface area contributed by atoms with E-state index in [2.05, 4.69) is 29.3 Å². The molecule has 1 unspecified atom stereocenters. The van der Waals surface area contributed by atoms with E-state index in [4.69, 9.17) is 10.5 Å². The third kappa shape index (κ3) is 7.11. The van der Waals surface area contributed by atoms with Crippen LogP contribution in [0.4, 0.5) is 5.69 Å². The maximum absolute atomic E-state index is 5.88. The first-order chi connectivity index (χ1) is 9.61. The van der Waals surface area contributed by atoms with Crippen LogP contribution >= 0.6 is 0 Å². The summed E-state index contributed by atoms with van der Waals surface area (Å²) in [4.78, 5) is 6.50. The zero-order valence-electron chi connectivity index (χ0n) is 12.7. The molecule has 1 aromatic rings. The lowest BCUT2D eigenvalue weighted by Crippen LogP contribution is -2.28. The number of para-hydroxylation sites is 1. The number of nitrogens with zero attached hydrogens (tertiary/aromatic N) is 2. The molecular formula is C15H26N4O. The Morgan fingerprint density at radius 3 is 2.65 bits per heavy atom. The molecule has 0 aliphatic heterocycles. The summed E-state index contributed by atoms with van der Waals surface area (Å²) in [5, 5.41) is 3.07. The van der Waals surface area contributed by atoms with Gasteiger partial charge in [0.05, 0.1) is 12.6 Å². The molecule has 0 saturated heterocycles. The molecule has 5 nitrogen and oxygen atoms in total. The summed E-state index contributed by atoms with van der Waals surface area (Å²) in [5.41, 5.74) is 6.82. The van der Waals surface area contributed by atoms with Crippen LogP contribution in [0.15, 0.2) is 35.3 Å². The maximum Gasteiger partial charge on any atom is 0.193 e. The van der Waals surface area contributed by atoms with E-state index in [1.54, 1.807) is 0 Å². The van der Waals surface area contributed by atoms with Gasteiger partial charge in [0.2, 0.25) is 0 Å². The number of anilines is 1. The van der Waals surface area contributed by atoms with Gasteiger partial charge in [-0.25, -0.2) is 0 Å². The molecule has 0 aliphatic rings. The third-order valence-corrected chi connectivity index (χ3v) is 2.81. The first kappa shape index (κ1) is 16.5. The van der Waals surface area contributed by atoms with Crippen molar-refractivity contribution in [1.29, 1.82) is 0 Å². The van der Waals surface area contributed by atoms with Crippen molar-refractivity contribution in [2.24, 2.45) is 10.7 Å². The van der Waals surface area contributed by atoms with Gasteiger partial charge < -0.3 is 20.7 Å². The van der Waals surface area contributed by atoms with Gasteiger partial charge in [0.25, 0.3) is 0 Å². The number of aliphatic imine (C=N–C) groups is 1. The van der Waals surface area contributed by atoms with Gasteiger partial charge in [0, 0.05) is 18.8 Å². The quantitative estimate of drug-likeness (QED) is 0.562. The Kier molecular flexibility index (Phi) is 7.69. The molecule has 0 fully saturated rings. The van der Waals surface area contributed by atoms with E-state index in [-0.39, 0.29) is 6.10 Å². The standard InChI is InChI=1S/C15H26N4O/c1-4-20-14(10-11-19(2)3)12-17-15(16)18-13-8-6-5-7-9-13/h5-9,14H,4,10-12H2,1-3H3,(H3,16,17,18). The second-order valence-corrected chi connectivity index (χ2v) is 4.89. The van der Waals surface area contributed by atoms with Crippen molar-refractivity contribution < 1.29 is 4.74 Å². The van der Waals surface area contributed by atoms with Gasteiger partial charge in [0.1, 0.15) is 0 Å². The fourth-order valence-electron chi connectivity index (χ4n) is 1.77. The second-order valence-electron chi connectivity index (χ2n) is 4.89. The van der Waals surface area contributed by atoms with Crippen molar-refractivity contribution in [2.45, 2.75) is 19.4 Å². The zero-order chi connectivity index (χ0) is 14.8. The number of benzene rings is 1. The molecule has 0 saturated carbocycles. The van der Waals surface area contributed by atoms with Gasteiger partial charge in [0.15, 0.2) is 5.96 Å². The summed E-state index contributed by atoms with van der Waals surface area (Å²) in [5.74, 6) is 0.422. The molecule has 1 aromatic carbocycles. The number of hydrogen-bond acceptors (Lipinski definition) is 3. The van der Waals surface area contributed by atoms with Crippen molar-refractivity contribution in [1.82, 2.24) is 4.90 Å². The second kappa shape index (κ2) is 9.34. The van der Waals surface area contributed by atoms with Crippen LogP contribution in [0.1, 0.15) is 13.3 Å². The summed E-state index contributed by atoms with van der Waals surface area (Å²) in [6, 6.07) is 9.78. The summed E-state index contributed by atoms with van der Waals surface area (Å²) in [7, 11) is 4.11. The minimum Gasteiger partial charge on any atom is -0.377 e. The molecule has 5 heteroatoms. The van der Waals surface area contributed by atoms with Crippen molar-refractivity contribution in [3.63, 3.8) is 0 Å². The van der Waals surface area contributed by atoms with E-state index in [0.717, 1.165) is 18.7 Å². The van der Waals surface area contributed by atoms with Crippen LogP contribution in [0, 0.1) is 0 Å². The highest BCUT2D eigenvalue weighted by atomic mass is 16.5. The van der Waals surface area contributed by atoms with Crippen molar-refractivity contribution >= 4 is 11.6 Å². The lowest BCUT2D eigenvalue weighted by Gasteiger charge is -2.18. The van der Waals surface area contributed by atoms with E-state index < -0.39 is 0 Å². The highest BCUT2D eigenvalue weighted by Gasteiger charge is 2.08. The summed E-state index contributed by atoms with van der Waals surface area (Å²) >= 11 is 0. The Labute approximate surface area is 121 Å². The fraction of sp³-hybridized carbons (Fsp3) is 0.533. The molecular weight excluding hydrogens is 252 g/mol. The third-order valence-electron chi connectivity index (χ3n) is 2.81. The number of nitrogens with one attached hydrogen (secondary N) is 1. The minimum atomic E-state index is 0.110. The molecule has 0 aromatic heterocycles. The molecule has 0 bridgehead atoms. The number of hydrogen-bond donors (Lipinski definition) is 2. The predicted octanol–water partition coefficient (Wildman–Crippen LogP) is 1.77. The monoisotopic (exact) mass is 278 g/mol. The zero-order valence-corrected chi connectivity index (χ0v) is 12.7. The van der Waals surface area contributed by atoms with Crippen LogP contribution < -0.4 is 11.1 Å². The molecule has 1 atom stereocenters. The number of ether oxygens (including phenoxy) is 1. The minimum absolute atomic E-state index is 0.110. The Morgan fingerprint density at radius 1 is 1.35 bits per heavy atom. The number of nitrogens with two attached hydrogens (primary N) is 1. The summed E-state index contributed by atoms with van der Waals surface area (Å²) in [6.07, 6.45) is 1.06. The Balaban J connectivity index is 2.44. The first-order valence-electron chi connectivity index (χ1n) is 7.00. The molecule has 1 rings (SSSR count). The Bertz CT molecular complexity index is 392. The van der Waals surface area contributed by atoms with E-state index in [9.17, 15) is 0 Å². The molecule has 112 valence electrons. The fourth-order valence-corrected chi connectivity index (χ4v) is 1.77. The van der Waals surface area contributed by atoms with Crippen molar-refractivity contribution in [3.05, 3.63) is 30.3 Å². The normalized spacial score (nSPS) is 13.5. The summed E-state index contributed by atoms with van der Waals surface area (Å²) < 4.78 is 5.68. The lowest BCUT2D eigenvalue weighted by atomic mass is 10.2. The Hall–Kier alpha value is -1.59. The van der Waals surface area contributed by atoms with E-state index in [0.29, 0.717) is 19.1 Å². The smallest absolute Gasteiger partial charge is 0.193 e. The van der Waals surface area contributed by atoms with Gasteiger partial charge in [-0.3, -0.25) is 4.99 Å². The lowest BCUT2D eigenvalue weighted by molar-refractivity contribution is 0.0583. The maximum atomic E-state index is 5.88. The highest BCUT2D eigenvalue weighted by Crippen LogP contribution is 2.05. The predicted molar refractivity (Wildman–Crippen MR) is 85.1 cm³/mol. The average Bonchev–Trinajstić information content (AvgIpc) is 2.43. The van der Waals surface area contributed by atoms with Crippen LogP contribution in [-0.2, 0) is 4.74 Å². The van der Waals surface area contributed by atoms with Crippen molar-refractivity contribution in [2.75, 3.05) is 39.1 Å². The Morgan fingerprint density at radius 2 is 2.05 bits per heavy atom. The molecule has 3 N–H and O–H groups in total. The van der Waals surface area contributed by atoms with E-state index in [1.807, 2.05) is 37.3 Å². The number of guanidine groups is 1. The first-order valence-corrected chi connectivity index (χ1v) is 7.00. The molecule has 0 amide bonds. The van der Waals surface area contributed by atoms with Crippen LogP contribution in [0.2, 0.25) is 0 Å².